The summed E-state index contributed by atoms with van der Waals surface area (Å²) < 4.78 is 0. The number of carbonyl (C=O) groups is 2. The highest BCUT2D eigenvalue weighted by Gasteiger charge is 2.36. The Balaban J connectivity index is 1.44. The van der Waals surface area contributed by atoms with Crippen molar-refractivity contribution in [3.05, 3.63) is 23.3 Å². The average molecular weight is 343 g/mol. The molecule has 2 saturated heterocycles. The summed E-state index contributed by atoms with van der Waals surface area (Å²) in [5.74, 6) is 1.36. The molecule has 2 amide bonds. The molecular weight excluding hydrogens is 318 g/mol. The van der Waals surface area contributed by atoms with Gasteiger partial charge in [-0.3, -0.25) is 9.59 Å². The summed E-state index contributed by atoms with van der Waals surface area (Å²) in [5, 5.41) is 3.37. The number of hydrogen-bond acceptors (Lipinski definition) is 5. The van der Waals surface area contributed by atoms with Gasteiger partial charge in [0.15, 0.2) is 0 Å². The molecule has 0 saturated carbocycles. The van der Waals surface area contributed by atoms with Crippen molar-refractivity contribution in [2.24, 2.45) is 5.92 Å². The van der Waals surface area contributed by atoms with Gasteiger partial charge in [-0.25, -0.2) is 9.97 Å². The summed E-state index contributed by atoms with van der Waals surface area (Å²) in [6.07, 6.45) is 5.20. The monoisotopic (exact) mass is 343 g/mol. The maximum atomic E-state index is 12.7. The molecule has 1 aromatic heterocycles. The Labute approximate surface area is 147 Å². The van der Waals surface area contributed by atoms with Crippen LogP contribution in [-0.4, -0.2) is 64.8 Å². The number of aromatic nitrogens is 2. The van der Waals surface area contributed by atoms with Gasteiger partial charge in [0.1, 0.15) is 5.82 Å². The van der Waals surface area contributed by atoms with Crippen LogP contribution in [0.5, 0.6) is 0 Å². The summed E-state index contributed by atoms with van der Waals surface area (Å²) in [6, 6.07) is 0. The molecule has 7 nitrogen and oxygen atoms in total. The molecule has 1 aromatic rings. The minimum absolute atomic E-state index is 0.0608. The third kappa shape index (κ3) is 3.25. The first-order valence-corrected chi connectivity index (χ1v) is 9.20. The Bertz CT molecular complexity index is 686. The molecule has 1 unspecified atom stereocenters. The molecule has 3 aliphatic heterocycles. The van der Waals surface area contributed by atoms with Crippen molar-refractivity contribution in [1.29, 1.82) is 0 Å². The van der Waals surface area contributed by atoms with Crippen LogP contribution in [0.2, 0.25) is 0 Å². The Morgan fingerprint density at radius 1 is 1.32 bits per heavy atom. The standard InChI is InChI=1S/C18H25N5O2/c1-22-10-13(8-16(22)24)18(25)23-7-4-15-14(11-23)9-20-17(21-15)12-2-5-19-6-3-12/h9,12-13,19H,2-8,10-11H2,1H3. The second-order valence-corrected chi connectivity index (χ2v) is 7.41. The largest absolute Gasteiger partial charge is 0.345 e. The molecular formula is C18H25N5O2. The third-order valence-electron chi connectivity index (χ3n) is 5.66. The fourth-order valence-electron chi connectivity index (χ4n) is 4.08. The van der Waals surface area contributed by atoms with Crippen LogP contribution in [0, 0.1) is 5.92 Å². The topological polar surface area (TPSA) is 78.4 Å². The molecule has 25 heavy (non-hydrogen) atoms. The average Bonchev–Trinajstić information content (AvgIpc) is 2.99. The van der Waals surface area contributed by atoms with E-state index in [9.17, 15) is 9.59 Å². The van der Waals surface area contributed by atoms with E-state index in [-0.39, 0.29) is 17.7 Å². The lowest BCUT2D eigenvalue weighted by molar-refractivity contribution is -0.136. The lowest BCUT2D eigenvalue weighted by Crippen LogP contribution is -2.41. The van der Waals surface area contributed by atoms with E-state index in [1.165, 1.54) is 0 Å². The first-order chi connectivity index (χ1) is 12.1. The summed E-state index contributed by atoms with van der Waals surface area (Å²) in [5.41, 5.74) is 2.14. The van der Waals surface area contributed by atoms with Gasteiger partial charge in [-0.1, -0.05) is 0 Å². The minimum atomic E-state index is -0.200. The van der Waals surface area contributed by atoms with Gasteiger partial charge in [-0.05, 0) is 25.9 Å². The first-order valence-electron chi connectivity index (χ1n) is 9.20. The van der Waals surface area contributed by atoms with Crippen LogP contribution in [-0.2, 0) is 22.6 Å². The fraction of sp³-hybridized carbons (Fsp3) is 0.667. The molecule has 3 aliphatic rings. The van der Waals surface area contributed by atoms with Gasteiger partial charge in [-0.2, -0.15) is 0 Å². The smallest absolute Gasteiger partial charge is 0.228 e. The van der Waals surface area contributed by atoms with Gasteiger partial charge < -0.3 is 15.1 Å². The van der Waals surface area contributed by atoms with Gasteiger partial charge >= 0.3 is 0 Å². The van der Waals surface area contributed by atoms with Crippen molar-refractivity contribution >= 4 is 11.8 Å². The number of hydrogen-bond donors (Lipinski definition) is 1. The zero-order valence-corrected chi connectivity index (χ0v) is 14.7. The van der Waals surface area contributed by atoms with Crippen molar-refractivity contribution in [3.8, 4) is 0 Å². The van der Waals surface area contributed by atoms with Gasteiger partial charge in [0.25, 0.3) is 0 Å². The van der Waals surface area contributed by atoms with E-state index in [1.807, 2.05) is 11.1 Å². The molecule has 0 radical (unpaired) electrons. The van der Waals surface area contributed by atoms with Crippen molar-refractivity contribution < 1.29 is 9.59 Å². The molecule has 0 spiro atoms. The molecule has 1 N–H and O–H groups in total. The molecule has 0 bridgehead atoms. The van der Waals surface area contributed by atoms with E-state index in [4.69, 9.17) is 4.98 Å². The minimum Gasteiger partial charge on any atom is -0.345 e. The predicted octanol–water partition coefficient (Wildman–Crippen LogP) is 0.307. The Kier molecular flexibility index (Phi) is 4.41. The van der Waals surface area contributed by atoms with Crippen LogP contribution in [0.1, 0.15) is 42.3 Å². The van der Waals surface area contributed by atoms with Crippen LogP contribution in [0.3, 0.4) is 0 Å². The van der Waals surface area contributed by atoms with Crippen LogP contribution in [0.25, 0.3) is 0 Å². The normalized spacial score (nSPS) is 24.5. The third-order valence-corrected chi connectivity index (χ3v) is 5.66. The second-order valence-electron chi connectivity index (χ2n) is 7.41. The Hall–Kier alpha value is -2.02. The number of rotatable bonds is 2. The summed E-state index contributed by atoms with van der Waals surface area (Å²) in [7, 11) is 1.76. The van der Waals surface area contributed by atoms with E-state index in [2.05, 4.69) is 10.3 Å². The van der Waals surface area contributed by atoms with Gasteiger partial charge in [0, 0.05) is 57.2 Å². The van der Waals surface area contributed by atoms with Crippen LogP contribution in [0.15, 0.2) is 6.20 Å². The van der Waals surface area contributed by atoms with Crippen LogP contribution in [0.4, 0.5) is 0 Å². The predicted molar refractivity (Wildman–Crippen MR) is 91.7 cm³/mol. The summed E-state index contributed by atoms with van der Waals surface area (Å²) in [4.78, 5) is 37.3. The van der Waals surface area contributed by atoms with Gasteiger partial charge in [-0.15, -0.1) is 0 Å². The van der Waals surface area contributed by atoms with Gasteiger partial charge in [0.2, 0.25) is 11.8 Å². The number of piperidine rings is 1. The first kappa shape index (κ1) is 16.4. The lowest BCUT2D eigenvalue weighted by atomic mass is 9.96. The fourth-order valence-corrected chi connectivity index (χ4v) is 4.08. The van der Waals surface area contributed by atoms with Crippen molar-refractivity contribution in [3.63, 3.8) is 0 Å². The van der Waals surface area contributed by atoms with E-state index in [0.717, 1.165) is 49.4 Å². The molecule has 7 heteroatoms. The van der Waals surface area contributed by atoms with E-state index in [0.29, 0.717) is 32.0 Å². The number of nitrogens with zero attached hydrogens (tertiary/aromatic N) is 4. The number of amides is 2. The number of likely N-dealkylation sites (tertiary alicyclic amines) is 1. The van der Waals surface area contributed by atoms with Crippen LogP contribution >= 0.6 is 0 Å². The second kappa shape index (κ2) is 6.71. The quantitative estimate of drug-likeness (QED) is 0.836. The molecule has 1 atom stereocenters. The number of fused-ring (bicyclic) bond motifs is 1. The van der Waals surface area contributed by atoms with Crippen molar-refractivity contribution in [2.45, 2.75) is 38.1 Å². The Morgan fingerprint density at radius 2 is 2.12 bits per heavy atom. The number of carbonyl (C=O) groups excluding carboxylic acids is 2. The maximum Gasteiger partial charge on any atom is 0.228 e. The zero-order valence-electron chi connectivity index (χ0n) is 14.7. The van der Waals surface area contributed by atoms with E-state index >= 15 is 0 Å². The molecule has 134 valence electrons. The van der Waals surface area contributed by atoms with Crippen molar-refractivity contribution in [2.75, 3.05) is 33.2 Å². The molecule has 4 rings (SSSR count). The highest BCUT2D eigenvalue weighted by molar-refractivity contribution is 5.89. The molecule has 0 aromatic carbocycles. The van der Waals surface area contributed by atoms with Crippen molar-refractivity contribution in [1.82, 2.24) is 25.1 Å². The zero-order chi connectivity index (χ0) is 17.4. The highest BCUT2D eigenvalue weighted by atomic mass is 16.2. The molecule has 4 heterocycles. The SMILES string of the molecule is CN1CC(C(=O)N2CCc3nc(C4CCNCC4)ncc3C2)CC1=O. The Morgan fingerprint density at radius 3 is 2.84 bits per heavy atom. The number of nitrogens with one attached hydrogen (secondary N) is 1. The van der Waals surface area contributed by atoms with E-state index in [1.54, 1.807) is 11.9 Å². The van der Waals surface area contributed by atoms with Gasteiger partial charge in [0.05, 0.1) is 11.6 Å². The molecule has 0 aliphatic carbocycles. The summed E-state index contributed by atoms with van der Waals surface area (Å²) >= 11 is 0. The molecule has 2 fully saturated rings. The maximum absolute atomic E-state index is 12.7. The van der Waals surface area contributed by atoms with E-state index < -0.39 is 0 Å². The van der Waals surface area contributed by atoms with Crippen LogP contribution < -0.4 is 5.32 Å². The highest BCUT2D eigenvalue weighted by Crippen LogP contribution is 2.26. The lowest BCUT2D eigenvalue weighted by Gasteiger charge is -2.30. The summed E-state index contributed by atoms with van der Waals surface area (Å²) in [6.45, 7) is 3.84.